The van der Waals surface area contributed by atoms with Crippen LogP contribution in [0.25, 0.3) is 0 Å². The number of rotatable bonds is 0. The van der Waals surface area contributed by atoms with Gasteiger partial charge in [-0.2, -0.15) is 19.2 Å². The fourth-order valence-corrected chi connectivity index (χ4v) is 0.668. The maximum absolute atomic E-state index is 11.8. The Bertz CT molecular complexity index is 263. The second-order valence-electron chi connectivity index (χ2n) is 1.77. The Kier molecular flexibility index (Phi) is 4.11. The van der Waals surface area contributed by atoms with Gasteiger partial charge in [0.15, 0.2) is 0 Å². The molecule has 0 atom stereocenters. The van der Waals surface area contributed by atoms with Gasteiger partial charge in [0.2, 0.25) is 0 Å². The van der Waals surface area contributed by atoms with Crippen molar-refractivity contribution in [3.05, 3.63) is 29.0 Å². The van der Waals surface area contributed by atoms with Crippen LogP contribution in [0, 0.1) is 6.07 Å². The standard InChI is InChI=1S/C6H2ClF3N.Li/c7-5-3-1-2-4(11-5)6(8,9)10;/h2-3H;/q-1;+1. The monoisotopic (exact) mass is 187 g/mol. The molecule has 1 nitrogen and oxygen atoms in total. The quantitative estimate of drug-likeness (QED) is 0.305. The summed E-state index contributed by atoms with van der Waals surface area (Å²) in [4.78, 5) is 3.05. The molecule has 0 saturated heterocycles. The Hall–Kier alpha value is -0.173. The van der Waals surface area contributed by atoms with Crippen molar-refractivity contribution >= 4 is 11.6 Å². The third-order valence-electron chi connectivity index (χ3n) is 0.940. The molecule has 0 unspecified atom stereocenters. The van der Waals surface area contributed by atoms with E-state index >= 15 is 0 Å². The zero-order valence-electron chi connectivity index (χ0n) is 6.11. The molecule has 0 aromatic carbocycles. The average Bonchev–Trinajstić information content (AvgIpc) is 1.86. The molecule has 1 heterocycles. The van der Waals surface area contributed by atoms with Crippen molar-refractivity contribution in [2.75, 3.05) is 0 Å². The molecule has 60 valence electrons. The molecule has 1 aromatic rings. The molecule has 0 aliphatic heterocycles. The summed E-state index contributed by atoms with van der Waals surface area (Å²) in [6.45, 7) is 0. The van der Waals surface area contributed by atoms with Crippen molar-refractivity contribution in [3.8, 4) is 0 Å². The van der Waals surface area contributed by atoms with Gasteiger partial charge in [-0.05, 0) is 0 Å². The van der Waals surface area contributed by atoms with Crippen molar-refractivity contribution in [2.45, 2.75) is 6.18 Å². The Balaban J connectivity index is 0.00000121. The van der Waals surface area contributed by atoms with Crippen molar-refractivity contribution in [3.63, 3.8) is 0 Å². The van der Waals surface area contributed by atoms with Crippen LogP contribution in [-0.2, 0) is 6.18 Å². The summed E-state index contributed by atoms with van der Waals surface area (Å²) in [5, 5.41) is -0.208. The molecule has 0 saturated carbocycles. The summed E-state index contributed by atoms with van der Waals surface area (Å²) in [5.74, 6) is 0. The van der Waals surface area contributed by atoms with E-state index in [0.717, 1.165) is 12.1 Å². The van der Waals surface area contributed by atoms with Crippen molar-refractivity contribution in [1.82, 2.24) is 4.98 Å². The Morgan fingerprint density at radius 1 is 1.33 bits per heavy atom. The largest absolute Gasteiger partial charge is 1.00 e. The van der Waals surface area contributed by atoms with Crippen LogP contribution in [0.2, 0.25) is 5.15 Å². The summed E-state index contributed by atoms with van der Waals surface area (Å²) >= 11 is 5.21. The van der Waals surface area contributed by atoms with Gasteiger partial charge >= 0.3 is 25.0 Å². The van der Waals surface area contributed by atoms with Gasteiger partial charge in [-0.3, -0.25) is 0 Å². The van der Waals surface area contributed by atoms with E-state index in [-0.39, 0.29) is 24.0 Å². The minimum Gasteiger partial charge on any atom is -0.360 e. The predicted octanol–water partition coefficient (Wildman–Crippen LogP) is -0.442. The van der Waals surface area contributed by atoms with Gasteiger partial charge < -0.3 is 4.98 Å². The molecular formula is C6H2ClF3LiN. The molecule has 1 rings (SSSR count). The topological polar surface area (TPSA) is 12.9 Å². The molecule has 0 bridgehead atoms. The molecule has 1 aromatic heterocycles. The number of alkyl halides is 3. The van der Waals surface area contributed by atoms with Crippen LogP contribution in [0.3, 0.4) is 0 Å². The third kappa shape index (κ3) is 3.06. The maximum Gasteiger partial charge on any atom is 1.00 e. The van der Waals surface area contributed by atoms with Crippen LogP contribution in [0.1, 0.15) is 5.69 Å². The summed E-state index contributed by atoms with van der Waals surface area (Å²) in [6, 6.07) is 4.13. The SMILES string of the molecule is FC(F)(F)c1c[c-]cc(Cl)n1.[Li+]. The maximum atomic E-state index is 11.8. The van der Waals surface area contributed by atoms with E-state index in [1.54, 1.807) is 0 Å². The minimum atomic E-state index is -4.44. The number of hydrogen-bond donors (Lipinski definition) is 0. The molecule has 12 heavy (non-hydrogen) atoms. The Labute approximate surface area is 84.1 Å². The van der Waals surface area contributed by atoms with Gasteiger partial charge in [-0.1, -0.05) is 0 Å². The van der Waals surface area contributed by atoms with E-state index in [9.17, 15) is 13.2 Å². The van der Waals surface area contributed by atoms with Crippen LogP contribution in [0.15, 0.2) is 12.1 Å². The summed E-state index contributed by atoms with van der Waals surface area (Å²) in [7, 11) is 0. The molecule has 0 N–H and O–H groups in total. The first-order chi connectivity index (χ1) is 5.00. The number of pyridine rings is 1. The average molecular weight is 187 g/mol. The van der Waals surface area contributed by atoms with Gasteiger partial charge in [0.1, 0.15) is 0 Å². The molecule has 0 aliphatic rings. The van der Waals surface area contributed by atoms with E-state index in [2.05, 4.69) is 11.1 Å². The summed E-state index contributed by atoms with van der Waals surface area (Å²) < 4.78 is 35.5. The van der Waals surface area contributed by atoms with E-state index in [0.29, 0.717) is 0 Å². The molecule has 6 heteroatoms. The summed E-state index contributed by atoms with van der Waals surface area (Å²) in [6.07, 6.45) is -4.44. The fourth-order valence-electron chi connectivity index (χ4n) is 0.514. The van der Waals surface area contributed by atoms with Gasteiger partial charge in [0, 0.05) is 10.8 Å². The van der Waals surface area contributed by atoms with E-state index in [1.807, 2.05) is 0 Å². The molecular weight excluding hydrogens is 185 g/mol. The normalized spacial score (nSPS) is 10.7. The first-order valence-corrected chi connectivity index (χ1v) is 2.99. The number of hydrogen-bond acceptors (Lipinski definition) is 1. The van der Waals surface area contributed by atoms with Crippen molar-refractivity contribution < 1.29 is 32.0 Å². The zero-order valence-corrected chi connectivity index (χ0v) is 6.87. The van der Waals surface area contributed by atoms with Crippen LogP contribution >= 0.6 is 11.6 Å². The first kappa shape index (κ1) is 11.8. The Morgan fingerprint density at radius 2 is 1.92 bits per heavy atom. The number of aromatic nitrogens is 1. The van der Waals surface area contributed by atoms with Crippen molar-refractivity contribution in [1.29, 1.82) is 0 Å². The molecule has 0 amide bonds. The fraction of sp³-hybridized carbons (Fsp3) is 0.167. The van der Waals surface area contributed by atoms with Crippen LogP contribution < -0.4 is 18.9 Å². The minimum absolute atomic E-state index is 0. The van der Waals surface area contributed by atoms with Crippen molar-refractivity contribution in [2.24, 2.45) is 0 Å². The second-order valence-corrected chi connectivity index (χ2v) is 2.16. The molecule has 0 spiro atoms. The van der Waals surface area contributed by atoms with Crippen LogP contribution in [0.5, 0.6) is 0 Å². The van der Waals surface area contributed by atoms with Crippen LogP contribution in [0.4, 0.5) is 13.2 Å². The summed E-state index contributed by atoms with van der Waals surface area (Å²) in [5.41, 5.74) is -1.02. The van der Waals surface area contributed by atoms with E-state index < -0.39 is 11.9 Å². The second kappa shape index (κ2) is 4.17. The smallest absolute Gasteiger partial charge is 0.360 e. The van der Waals surface area contributed by atoms with Gasteiger partial charge in [0.25, 0.3) is 0 Å². The number of halogens is 4. The first-order valence-electron chi connectivity index (χ1n) is 2.61. The van der Waals surface area contributed by atoms with Gasteiger partial charge in [-0.15, -0.1) is 23.7 Å². The van der Waals surface area contributed by atoms with Crippen LogP contribution in [-0.4, -0.2) is 4.98 Å². The zero-order chi connectivity index (χ0) is 8.48. The molecule has 0 fully saturated rings. The molecule has 0 aliphatic carbocycles. The molecule has 0 radical (unpaired) electrons. The van der Waals surface area contributed by atoms with E-state index in [4.69, 9.17) is 11.6 Å². The van der Waals surface area contributed by atoms with E-state index in [1.165, 1.54) is 0 Å². The Morgan fingerprint density at radius 3 is 2.25 bits per heavy atom. The number of nitrogens with zero attached hydrogens (tertiary/aromatic N) is 1. The van der Waals surface area contributed by atoms with Gasteiger partial charge in [-0.25, -0.2) is 0 Å². The van der Waals surface area contributed by atoms with Gasteiger partial charge in [0.05, 0.1) is 0 Å². The predicted molar refractivity (Wildman–Crippen MR) is 33.1 cm³/mol. The third-order valence-corrected chi connectivity index (χ3v) is 1.13.